The summed E-state index contributed by atoms with van der Waals surface area (Å²) >= 11 is 1.51. The first-order valence-corrected chi connectivity index (χ1v) is 10.9. The molecule has 146 valence electrons. The van der Waals surface area contributed by atoms with Crippen molar-refractivity contribution in [1.29, 1.82) is 0 Å². The van der Waals surface area contributed by atoms with E-state index in [-0.39, 0.29) is 23.9 Å². The molecule has 4 rings (SSSR count). The smallest absolute Gasteiger partial charge is 0.289 e. The first-order chi connectivity index (χ1) is 13.5. The van der Waals surface area contributed by atoms with Gasteiger partial charge in [0.2, 0.25) is 21.8 Å². The number of rotatable bonds is 5. The van der Waals surface area contributed by atoms with E-state index in [0.29, 0.717) is 24.6 Å². The number of nitrogens with zero attached hydrogens (tertiary/aromatic N) is 4. The number of aromatic nitrogens is 2. The van der Waals surface area contributed by atoms with Crippen LogP contribution in [0.5, 0.6) is 0 Å². The summed E-state index contributed by atoms with van der Waals surface area (Å²) in [6.07, 6.45) is 1.30. The van der Waals surface area contributed by atoms with E-state index in [1.807, 2.05) is 16.8 Å². The van der Waals surface area contributed by atoms with Crippen molar-refractivity contribution < 1.29 is 17.8 Å². The summed E-state index contributed by atoms with van der Waals surface area (Å²) in [5, 5.41) is 23.2. The lowest BCUT2D eigenvalue weighted by Gasteiger charge is -2.30. The molecule has 1 fully saturated rings. The molecule has 2 aromatic heterocycles. The van der Waals surface area contributed by atoms with Crippen molar-refractivity contribution in [2.75, 3.05) is 13.1 Å². The van der Waals surface area contributed by atoms with Crippen LogP contribution in [0.3, 0.4) is 0 Å². The Morgan fingerprint density at radius 3 is 2.82 bits per heavy atom. The molecular formula is C17H16N4O5S2. The molecule has 1 unspecified atom stereocenters. The number of piperidine rings is 1. The van der Waals surface area contributed by atoms with Crippen LogP contribution in [0.15, 0.2) is 50.4 Å². The van der Waals surface area contributed by atoms with E-state index < -0.39 is 20.6 Å². The highest BCUT2D eigenvalue weighted by atomic mass is 32.2. The number of nitro groups is 1. The third-order valence-corrected chi connectivity index (χ3v) is 7.22. The number of sulfonamides is 1. The Labute approximate surface area is 164 Å². The van der Waals surface area contributed by atoms with E-state index in [1.165, 1.54) is 39.9 Å². The summed E-state index contributed by atoms with van der Waals surface area (Å²) in [5.74, 6) is 0.518. The van der Waals surface area contributed by atoms with Crippen LogP contribution < -0.4 is 0 Å². The Morgan fingerprint density at radius 1 is 1.25 bits per heavy atom. The molecule has 1 aliphatic heterocycles. The van der Waals surface area contributed by atoms with Crippen molar-refractivity contribution in [1.82, 2.24) is 14.5 Å². The number of para-hydroxylation sites is 1. The molecule has 3 aromatic rings. The van der Waals surface area contributed by atoms with E-state index in [0.717, 1.165) is 5.56 Å². The van der Waals surface area contributed by atoms with Crippen LogP contribution in [-0.2, 0) is 10.0 Å². The van der Waals surface area contributed by atoms with Gasteiger partial charge >= 0.3 is 0 Å². The van der Waals surface area contributed by atoms with Crippen LogP contribution in [0.4, 0.5) is 5.69 Å². The zero-order valence-corrected chi connectivity index (χ0v) is 16.2. The molecule has 0 radical (unpaired) electrons. The molecule has 28 heavy (non-hydrogen) atoms. The Balaban J connectivity index is 1.60. The molecule has 1 saturated heterocycles. The van der Waals surface area contributed by atoms with Gasteiger partial charge in [0.25, 0.3) is 5.69 Å². The van der Waals surface area contributed by atoms with Gasteiger partial charge in [-0.2, -0.15) is 15.6 Å². The Hall–Kier alpha value is -2.63. The van der Waals surface area contributed by atoms with Crippen LogP contribution in [0, 0.1) is 10.1 Å². The molecule has 11 heteroatoms. The van der Waals surface area contributed by atoms with Gasteiger partial charge < -0.3 is 4.42 Å². The van der Waals surface area contributed by atoms with E-state index in [2.05, 4.69) is 10.2 Å². The van der Waals surface area contributed by atoms with Gasteiger partial charge in [0.1, 0.15) is 0 Å². The minimum absolute atomic E-state index is 0.139. The zero-order valence-electron chi connectivity index (χ0n) is 14.6. The molecule has 1 aliphatic rings. The molecular weight excluding hydrogens is 404 g/mol. The minimum atomic E-state index is -4.01. The first-order valence-electron chi connectivity index (χ1n) is 8.56. The molecule has 0 N–H and O–H groups in total. The normalized spacial score (nSPS) is 18.2. The number of thiophene rings is 1. The van der Waals surface area contributed by atoms with Crippen LogP contribution in [0.1, 0.15) is 24.7 Å². The van der Waals surface area contributed by atoms with Crippen LogP contribution in [-0.4, -0.2) is 40.9 Å². The molecule has 0 spiro atoms. The quantitative estimate of drug-likeness (QED) is 0.459. The molecule has 3 heterocycles. The Bertz CT molecular complexity index is 1090. The van der Waals surface area contributed by atoms with E-state index in [1.54, 1.807) is 0 Å². The fourth-order valence-corrected chi connectivity index (χ4v) is 5.54. The van der Waals surface area contributed by atoms with Gasteiger partial charge in [-0.25, -0.2) is 8.42 Å². The second-order valence-electron chi connectivity index (χ2n) is 6.38. The standard InChI is InChI=1S/C17H16N4O5S2/c22-21(23)14-5-1-2-6-15(14)28(24,25)20-8-3-4-12(10-20)16-18-19-17(26-16)13-7-9-27-11-13/h1-2,5-7,9,11-12H,3-4,8,10H2. The summed E-state index contributed by atoms with van der Waals surface area (Å²) < 4.78 is 33.1. The monoisotopic (exact) mass is 420 g/mol. The maximum atomic E-state index is 13.0. The van der Waals surface area contributed by atoms with Crippen molar-refractivity contribution in [2.24, 2.45) is 0 Å². The van der Waals surface area contributed by atoms with Crippen molar-refractivity contribution in [3.05, 3.63) is 57.1 Å². The molecule has 1 aromatic carbocycles. The second kappa shape index (κ2) is 7.41. The SMILES string of the molecule is O=[N+]([O-])c1ccccc1S(=O)(=O)N1CCCC(c2nnc(-c3ccsc3)o2)C1. The Kier molecular flexibility index (Phi) is 4.96. The van der Waals surface area contributed by atoms with Gasteiger partial charge in [-0.1, -0.05) is 12.1 Å². The predicted octanol–water partition coefficient (Wildman–Crippen LogP) is 3.27. The van der Waals surface area contributed by atoms with Crippen molar-refractivity contribution in [3.63, 3.8) is 0 Å². The van der Waals surface area contributed by atoms with Crippen LogP contribution in [0.25, 0.3) is 11.5 Å². The van der Waals surface area contributed by atoms with Crippen LogP contribution >= 0.6 is 11.3 Å². The number of nitro benzene ring substituents is 1. The molecule has 0 aliphatic carbocycles. The van der Waals surface area contributed by atoms with Gasteiger partial charge in [0, 0.05) is 30.1 Å². The maximum Gasteiger partial charge on any atom is 0.289 e. The average Bonchev–Trinajstić information content (AvgIpc) is 3.40. The highest BCUT2D eigenvalue weighted by molar-refractivity contribution is 7.89. The van der Waals surface area contributed by atoms with Gasteiger partial charge in [-0.15, -0.1) is 10.2 Å². The fourth-order valence-electron chi connectivity index (χ4n) is 3.23. The first kappa shape index (κ1) is 18.7. The van der Waals surface area contributed by atoms with Crippen molar-refractivity contribution in [3.8, 4) is 11.5 Å². The third kappa shape index (κ3) is 3.43. The van der Waals surface area contributed by atoms with Gasteiger partial charge in [0.05, 0.1) is 10.8 Å². The average molecular weight is 420 g/mol. The highest BCUT2D eigenvalue weighted by Gasteiger charge is 2.36. The number of hydrogen-bond donors (Lipinski definition) is 0. The largest absolute Gasteiger partial charge is 0.420 e. The van der Waals surface area contributed by atoms with E-state index in [9.17, 15) is 18.5 Å². The van der Waals surface area contributed by atoms with Gasteiger partial charge in [-0.05, 0) is 30.4 Å². The summed E-state index contributed by atoms with van der Waals surface area (Å²) in [7, 11) is -4.01. The maximum absolute atomic E-state index is 13.0. The molecule has 0 saturated carbocycles. The highest BCUT2D eigenvalue weighted by Crippen LogP contribution is 2.33. The zero-order chi connectivity index (χ0) is 19.7. The van der Waals surface area contributed by atoms with E-state index >= 15 is 0 Å². The minimum Gasteiger partial charge on any atom is -0.420 e. The fraction of sp³-hybridized carbons (Fsp3) is 0.294. The summed E-state index contributed by atoms with van der Waals surface area (Å²) in [6.45, 7) is 0.427. The summed E-state index contributed by atoms with van der Waals surface area (Å²) in [6, 6.07) is 7.25. The van der Waals surface area contributed by atoms with E-state index in [4.69, 9.17) is 4.42 Å². The Morgan fingerprint density at radius 2 is 2.07 bits per heavy atom. The topological polar surface area (TPSA) is 119 Å². The summed E-state index contributed by atoms with van der Waals surface area (Å²) in [4.78, 5) is 10.3. The second-order valence-corrected chi connectivity index (χ2v) is 9.07. The van der Waals surface area contributed by atoms with Crippen molar-refractivity contribution in [2.45, 2.75) is 23.7 Å². The molecule has 0 amide bonds. The molecule has 9 nitrogen and oxygen atoms in total. The number of hydrogen-bond acceptors (Lipinski definition) is 8. The van der Waals surface area contributed by atoms with Crippen molar-refractivity contribution >= 4 is 27.0 Å². The van der Waals surface area contributed by atoms with Gasteiger partial charge in [0.15, 0.2) is 4.90 Å². The predicted molar refractivity (Wildman–Crippen MR) is 101 cm³/mol. The molecule has 1 atom stereocenters. The van der Waals surface area contributed by atoms with Crippen LogP contribution in [0.2, 0.25) is 0 Å². The lowest BCUT2D eigenvalue weighted by atomic mass is 10.00. The third-order valence-electron chi connectivity index (χ3n) is 4.62. The summed E-state index contributed by atoms with van der Waals surface area (Å²) in [5.41, 5.74) is 0.395. The number of benzene rings is 1. The molecule has 0 bridgehead atoms. The lowest BCUT2D eigenvalue weighted by molar-refractivity contribution is -0.387. The lowest BCUT2D eigenvalue weighted by Crippen LogP contribution is -2.39. The van der Waals surface area contributed by atoms with Gasteiger partial charge in [-0.3, -0.25) is 10.1 Å².